The summed E-state index contributed by atoms with van der Waals surface area (Å²) in [5.74, 6) is 1.19. The third-order valence-electron chi connectivity index (χ3n) is 3.78. The Labute approximate surface area is 120 Å². The molecule has 0 amide bonds. The highest BCUT2D eigenvalue weighted by Gasteiger charge is 2.06. The van der Waals surface area contributed by atoms with Crippen molar-refractivity contribution in [3.05, 3.63) is 53.6 Å². The van der Waals surface area contributed by atoms with Crippen molar-refractivity contribution in [1.29, 1.82) is 0 Å². The van der Waals surface area contributed by atoms with Crippen LogP contribution in [0.3, 0.4) is 0 Å². The lowest BCUT2D eigenvalue weighted by molar-refractivity contribution is 0.112. The molecule has 0 saturated heterocycles. The topological polar surface area (TPSA) is 26.3 Å². The van der Waals surface area contributed by atoms with E-state index in [1.807, 2.05) is 18.2 Å². The molecule has 0 radical (unpaired) electrons. The van der Waals surface area contributed by atoms with Gasteiger partial charge in [-0.1, -0.05) is 44.2 Å². The second-order valence-corrected chi connectivity index (χ2v) is 5.01. The van der Waals surface area contributed by atoms with Gasteiger partial charge in [0.1, 0.15) is 5.75 Å². The highest BCUT2D eigenvalue weighted by Crippen LogP contribution is 2.27. The number of carbonyl (C=O) groups is 1. The first-order valence-corrected chi connectivity index (χ1v) is 6.93. The Hall–Kier alpha value is -2.09. The Morgan fingerprint density at radius 2 is 1.75 bits per heavy atom. The van der Waals surface area contributed by atoms with Gasteiger partial charge in [-0.2, -0.15) is 0 Å². The monoisotopic (exact) mass is 268 g/mol. The highest BCUT2D eigenvalue weighted by molar-refractivity contribution is 5.83. The second-order valence-electron chi connectivity index (χ2n) is 5.01. The van der Waals surface area contributed by atoms with Crippen LogP contribution >= 0.6 is 0 Å². The van der Waals surface area contributed by atoms with Crippen LogP contribution in [0.5, 0.6) is 5.75 Å². The maximum atomic E-state index is 11.1. The van der Waals surface area contributed by atoms with Crippen molar-refractivity contribution < 1.29 is 9.53 Å². The Morgan fingerprint density at radius 3 is 2.30 bits per heavy atom. The van der Waals surface area contributed by atoms with Crippen LogP contribution in [0.15, 0.2) is 42.5 Å². The van der Waals surface area contributed by atoms with Crippen LogP contribution in [0, 0.1) is 0 Å². The fourth-order valence-electron chi connectivity index (χ4n) is 2.25. The van der Waals surface area contributed by atoms with Crippen molar-refractivity contribution >= 4 is 6.29 Å². The standard InChI is InChI=1S/C18H20O2/c1-4-13(2)14-5-7-15(8-6-14)16-9-10-18(20-3)17(11-16)12-19/h5-13H,4H2,1-3H3. The molecular weight excluding hydrogens is 248 g/mol. The number of benzene rings is 2. The van der Waals surface area contributed by atoms with E-state index in [-0.39, 0.29) is 0 Å². The molecular formula is C18H20O2. The van der Waals surface area contributed by atoms with E-state index in [1.165, 1.54) is 5.56 Å². The lowest BCUT2D eigenvalue weighted by atomic mass is 9.95. The third-order valence-corrected chi connectivity index (χ3v) is 3.78. The van der Waals surface area contributed by atoms with Gasteiger partial charge >= 0.3 is 0 Å². The van der Waals surface area contributed by atoms with Crippen molar-refractivity contribution in [2.24, 2.45) is 0 Å². The number of rotatable bonds is 5. The molecule has 0 bridgehead atoms. The Balaban J connectivity index is 2.34. The summed E-state index contributed by atoms with van der Waals surface area (Å²) in [5.41, 5.74) is 4.07. The molecule has 0 heterocycles. The predicted molar refractivity (Wildman–Crippen MR) is 82.5 cm³/mol. The Bertz CT molecular complexity index is 585. The number of hydrogen-bond acceptors (Lipinski definition) is 2. The van der Waals surface area contributed by atoms with E-state index in [9.17, 15) is 4.79 Å². The Kier molecular flexibility index (Phi) is 4.57. The minimum absolute atomic E-state index is 0.574. The zero-order chi connectivity index (χ0) is 14.5. The molecule has 0 aliphatic heterocycles. The van der Waals surface area contributed by atoms with Crippen LogP contribution in [0.1, 0.15) is 42.1 Å². The van der Waals surface area contributed by atoms with E-state index in [2.05, 4.69) is 38.1 Å². The average molecular weight is 268 g/mol. The van der Waals surface area contributed by atoms with Gasteiger partial charge in [0.05, 0.1) is 12.7 Å². The van der Waals surface area contributed by atoms with Gasteiger partial charge in [-0.25, -0.2) is 0 Å². The molecule has 2 heteroatoms. The fraction of sp³-hybridized carbons (Fsp3) is 0.278. The second kappa shape index (κ2) is 6.38. The van der Waals surface area contributed by atoms with Crippen molar-refractivity contribution in [2.45, 2.75) is 26.2 Å². The summed E-state index contributed by atoms with van der Waals surface area (Å²) in [6.45, 7) is 4.42. The number of methoxy groups -OCH3 is 1. The summed E-state index contributed by atoms with van der Waals surface area (Å²) >= 11 is 0. The minimum atomic E-state index is 0.574. The van der Waals surface area contributed by atoms with Gasteiger partial charge in [-0.15, -0.1) is 0 Å². The zero-order valence-corrected chi connectivity index (χ0v) is 12.2. The molecule has 0 spiro atoms. The summed E-state index contributed by atoms with van der Waals surface area (Å²) in [4.78, 5) is 11.1. The van der Waals surface area contributed by atoms with E-state index >= 15 is 0 Å². The van der Waals surface area contributed by atoms with Gasteiger partial charge in [0.2, 0.25) is 0 Å². The van der Waals surface area contributed by atoms with E-state index in [0.29, 0.717) is 17.2 Å². The lowest BCUT2D eigenvalue weighted by Crippen LogP contribution is -1.92. The van der Waals surface area contributed by atoms with Gasteiger partial charge < -0.3 is 4.74 Å². The van der Waals surface area contributed by atoms with Crippen LogP contribution in [-0.4, -0.2) is 13.4 Å². The van der Waals surface area contributed by atoms with Crippen LogP contribution in [0.2, 0.25) is 0 Å². The number of ether oxygens (including phenoxy) is 1. The van der Waals surface area contributed by atoms with E-state index in [4.69, 9.17) is 4.74 Å². The summed E-state index contributed by atoms with van der Waals surface area (Å²) in [7, 11) is 1.57. The van der Waals surface area contributed by atoms with Gasteiger partial charge in [0, 0.05) is 0 Å². The normalized spacial score (nSPS) is 11.9. The first-order chi connectivity index (χ1) is 9.69. The lowest BCUT2D eigenvalue weighted by Gasteiger charge is -2.11. The van der Waals surface area contributed by atoms with Crippen molar-refractivity contribution in [3.63, 3.8) is 0 Å². The van der Waals surface area contributed by atoms with Gasteiger partial charge in [-0.05, 0) is 41.2 Å². The van der Waals surface area contributed by atoms with Crippen molar-refractivity contribution in [1.82, 2.24) is 0 Å². The molecule has 2 aromatic rings. The molecule has 2 aromatic carbocycles. The number of carbonyl (C=O) groups excluding carboxylic acids is 1. The molecule has 1 unspecified atom stereocenters. The quantitative estimate of drug-likeness (QED) is 0.735. The smallest absolute Gasteiger partial charge is 0.153 e. The Morgan fingerprint density at radius 1 is 1.10 bits per heavy atom. The van der Waals surface area contributed by atoms with Gasteiger partial charge in [0.15, 0.2) is 6.29 Å². The molecule has 0 aromatic heterocycles. The number of hydrogen-bond donors (Lipinski definition) is 0. The molecule has 0 aliphatic rings. The highest BCUT2D eigenvalue weighted by atomic mass is 16.5. The summed E-state index contributed by atoms with van der Waals surface area (Å²) in [5, 5.41) is 0. The first kappa shape index (κ1) is 14.3. The largest absolute Gasteiger partial charge is 0.496 e. The van der Waals surface area contributed by atoms with Crippen molar-refractivity contribution in [2.75, 3.05) is 7.11 Å². The maximum Gasteiger partial charge on any atom is 0.153 e. The molecule has 2 rings (SSSR count). The third kappa shape index (κ3) is 2.90. The van der Waals surface area contributed by atoms with E-state index < -0.39 is 0 Å². The van der Waals surface area contributed by atoms with Gasteiger partial charge in [0.25, 0.3) is 0 Å². The van der Waals surface area contributed by atoms with Crippen LogP contribution in [-0.2, 0) is 0 Å². The molecule has 1 atom stereocenters. The predicted octanol–water partition coefficient (Wildman–Crippen LogP) is 4.69. The molecule has 2 nitrogen and oxygen atoms in total. The van der Waals surface area contributed by atoms with E-state index in [0.717, 1.165) is 23.8 Å². The molecule has 20 heavy (non-hydrogen) atoms. The fourth-order valence-corrected chi connectivity index (χ4v) is 2.25. The van der Waals surface area contributed by atoms with Gasteiger partial charge in [-0.3, -0.25) is 4.79 Å². The maximum absolute atomic E-state index is 11.1. The number of aldehydes is 1. The SMILES string of the molecule is CCC(C)c1ccc(-c2ccc(OC)c(C=O)c2)cc1. The molecule has 0 fully saturated rings. The first-order valence-electron chi connectivity index (χ1n) is 6.93. The van der Waals surface area contributed by atoms with Crippen LogP contribution in [0.25, 0.3) is 11.1 Å². The van der Waals surface area contributed by atoms with Crippen LogP contribution in [0.4, 0.5) is 0 Å². The molecule has 0 aliphatic carbocycles. The van der Waals surface area contributed by atoms with Crippen molar-refractivity contribution in [3.8, 4) is 16.9 Å². The van der Waals surface area contributed by atoms with Crippen LogP contribution < -0.4 is 4.74 Å². The molecule has 104 valence electrons. The zero-order valence-electron chi connectivity index (χ0n) is 12.2. The molecule has 0 saturated carbocycles. The minimum Gasteiger partial charge on any atom is -0.496 e. The summed E-state index contributed by atoms with van der Waals surface area (Å²) in [6, 6.07) is 14.2. The summed E-state index contributed by atoms with van der Waals surface area (Å²) < 4.78 is 5.16. The summed E-state index contributed by atoms with van der Waals surface area (Å²) in [6.07, 6.45) is 1.97. The molecule has 0 N–H and O–H groups in total. The van der Waals surface area contributed by atoms with E-state index in [1.54, 1.807) is 7.11 Å². The average Bonchev–Trinajstić information content (AvgIpc) is 2.53.